The Labute approximate surface area is 71.0 Å². The van der Waals surface area contributed by atoms with E-state index >= 15 is 0 Å². The molecule has 0 aliphatic heterocycles. The van der Waals surface area contributed by atoms with Gasteiger partial charge in [-0.05, 0) is 12.8 Å². The summed E-state index contributed by atoms with van der Waals surface area (Å²) >= 11 is 1.65. The molecule has 0 atom stereocenters. The van der Waals surface area contributed by atoms with Gasteiger partial charge < -0.3 is 10.3 Å². The molecule has 3 nitrogen and oxygen atoms in total. The Morgan fingerprint density at radius 1 is 1.73 bits per heavy atom. The molecule has 1 rings (SSSR count). The fraction of sp³-hybridized carbons (Fsp3) is 0.571. The number of nitrogens with zero attached hydrogens (tertiary/aromatic N) is 2. The minimum atomic E-state index is 0.688. The van der Waals surface area contributed by atoms with Gasteiger partial charge in [0.1, 0.15) is 0 Å². The fourth-order valence-electron chi connectivity index (χ4n) is 0.996. The van der Waals surface area contributed by atoms with Crippen LogP contribution in [0.4, 0.5) is 0 Å². The lowest BCUT2D eigenvalue weighted by atomic mass is 10.3. The van der Waals surface area contributed by atoms with Crippen LogP contribution in [0.2, 0.25) is 0 Å². The molecule has 0 fully saturated rings. The summed E-state index contributed by atoms with van der Waals surface area (Å²) in [6, 6.07) is 0. The van der Waals surface area contributed by atoms with Gasteiger partial charge in [-0.3, -0.25) is 0 Å². The highest BCUT2D eigenvalue weighted by atomic mass is 32.2. The van der Waals surface area contributed by atoms with Crippen LogP contribution in [-0.2, 0) is 13.5 Å². The molecule has 0 saturated heterocycles. The third-order valence-electron chi connectivity index (χ3n) is 1.62. The first-order valence-electron chi connectivity index (χ1n) is 3.54. The number of rotatable bonds is 3. The molecule has 0 bridgehead atoms. The van der Waals surface area contributed by atoms with E-state index in [1.807, 2.05) is 19.5 Å². The molecule has 0 radical (unpaired) electrons. The Bertz CT molecular complexity index is 232. The van der Waals surface area contributed by atoms with Gasteiger partial charge in [-0.25, -0.2) is 4.98 Å². The Morgan fingerprint density at radius 2 is 2.45 bits per heavy atom. The van der Waals surface area contributed by atoms with Gasteiger partial charge in [0.2, 0.25) is 0 Å². The average molecular weight is 171 g/mol. The first-order chi connectivity index (χ1) is 5.29. The summed E-state index contributed by atoms with van der Waals surface area (Å²) in [5.74, 6) is 0. The third-order valence-corrected chi connectivity index (χ3v) is 2.37. The number of aromatic nitrogens is 2. The van der Waals surface area contributed by atoms with Crippen LogP contribution in [0, 0.1) is 0 Å². The lowest BCUT2D eigenvalue weighted by molar-refractivity contribution is 0.732. The maximum atomic E-state index is 5.43. The smallest absolute Gasteiger partial charge is 0.167 e. The van der Waals surface area contributed by atoms with Crippen LogP contribution in [0.5, 0.6) is 0 Å². The van der Waals surface area contributed by atoms with Crippen LogP contribution < -0.4 is 5.73 Å². The monoisotopic (exact) mass is 171 g/mol. The summed E-state index contributed by atoms with van der Waals surface area (Å²) in [5, 5.41) is 1.05. The van der Waals surface area contributed by atoms with Crippen LogP contribution in [0.3, 0.4) is 0 Å². The van der Waals surface area contributed by atoms with Gasteiger partial charge in [-0.15, -0.1) is 0 Å². The Morgan fingerprint density at radius 3 is 2.91 bits per heavy atom. The van der Waals surface area contributed by atoms with E-state index in [1.54, 1.807) is 11.8 Å². The summed E-state index contributed by atoms with van der Waals surface area (Å²) in [4.78, 5) is 4.22. The molecule has 1 heterocycles. The number of hydrogen-bond acceptors (Lipinski definition) is 3. The van der Waals surface area contributed by atoms with Gasteiger partial charge in [0.05, 0.1) is 0 Å². The van der Waals surface area contributed by atoms with E-state index in [2.05, 4.69) is 9.55 Å². The molecule has 2 N–H and O–H groups in total. The van der Waals surface area contributed by atoms with Crippen molar-refractivity contribution in [3.05, 3.63) is 11.9 Å². The molecule has 4 heteroatoms. The Balaban J connectivity index is 2.82. The summed E-state index contributed by atoms with van der Waals surface area (Å²) in [6.45, 7) is 0.688. The maximum absolute atomic E-state index is 5.43. The molecule has 0 aliphatic rings. The summed E-state index contributed by atoms with van der Waals surface area (Å²) in [6.07, 6.45) is 4.82. The minimum Gasteiger partial charge on any atom is -0.330 e. The fourth-order valence-corrected chi connectivity index (χ4v) is 1.54. The second kappa shape index (κ2) is 3.78. The van der Waals surface area contributed by atoms with E-state index in [9.17, 15) is 0 Å². The van der Waals surface area contributed by atoms with Crippen molar-refractivity contribution < 1.29 is 0 Å². The van der Waals surface area contributed by atoms with E-state index in [0.717, 1.165) is 11.6 Å². The highest BCUT2D eigenvalue weighted by Gasteiger charge is 2.02. The van der Waals surface area contributed by atoms with E-state index in [4.69, 9.17) is 5.73 Å². The number of imidazole rings is 1. The molecular weight excluding hydrogens is 158 g/mol. The zero-order valence-corrected chi connectivity index (χ0v) is 7.69. The van der Waals surface area contributed by atoms with E-state index in [1.165, 1.54) is 5.69 Å². The van der Waals surface area contributed by atoms with Gasteiger partial charge in [-0.2, -0.15) is 0 Å². The largest absolute Gasteiger partial charge is 0.330 e. The Kier molecular flexibility index (Phi) is 2.96. The highest BCUT2D eigenvalue weighted by Crippen LogP contribution is 2.13. The van der Waals surface area contributed by atoms with Crippen molar-refractivity contribution in [3.8, 4) is 0 Å². The SMILES string of the molecule is CSc1ncc(CCN)n1C. The van der Waals surface area contributed by atoms with Gasteiger partial charge in [0.15, 0.2) is 5.16 Å². The van der Waals surface area contributed by atoms with E-state index < -0.39 is 0 Å². The van der Waals surface area contributed by atoms with Crippen molar-refractivity contribution in [2.24, 2.45) is 12.8 Å². The first-order valence-corrected chi connectivity index (χ1v) is 4.76. The average Bonchev–Trinajstić information content (AvgIpc) is 2.34. The van der Waals surface area contributed by atoms with Crippen molar-refractivity contribution in [2.75, 3.05) is 12.8 Å². The van der Waals surface area contributed by atoms with Crippen LogP contribution in [0.15, 0.2) is 11.4 Å². The lowest BCUT2D eigenvalue weighted by Gasteiger charge is -2.01. The van der Waals surface area contributed by atoms with Crippen LogP contribution >= 0.6 is 11.8 Å². The van der Waals surface area contributed by atoms with Crippen molar-refractivity contribution >= 4 is 11.8 Å². The molecule has 0 saturated carbocycles. The molecule has 11 heavy (non-hydrogen) atoms. The number of hydrogen-bond donors (Lipinski definition) is 1. The standard InChI is InChI=1S/C7H13N3S/c1-10-6(3-4-8)5-9-7(10)11-2/h5H,3-4,8H2,1-2H3. The highest BCUT2D eigenvalue weighted by molar-refractivity contribution is 7.98. The zero-order chi connectivity index (χ0) is 8.27. The minimum absolute atomic E-state index is 0.688. The third kappa shape index (κ3) is 1.75. The molecule has 0 amide bonds. The molecule has 0 aromatic carbocycles. The molecule has 0 spiro atoms. The molecule has 1 aromatic rings. The van der Waals surface area contributed by atoms with Gasteiger partial charge in [-0.1, -0.05) is 11.8 Å². The second-order valence-corrected chi connectivity index (χ2v) is 3.11. The van der Waals surface area contributed by atoms with Gasteiger partial charge in [0.25, 0.3) is 0 Å². The predicted octanol–water partition coefficient (Wildman–Crippen LogP) is 0.643. The topological polar surface area (TPSA) is 43.8 Å². The molecule has 0 unspecified atom stereocenters. The van der Waals surface area contributed by atoms with Crippen molar-refractivity contribution in [1.82, 2.24) is 9.55 Å². The number of thioether (sulfide) groups is 1. The summed E-state index contributed by atoms with van der Waals surface area (Å²) in [7, 11) is 2.02. The summed E-state index contributed by atoms with van der Waals surface area (Å²) in [5.41, 5.74) is 6.64. The maximum Gasteiger partial charge on any atom is 0.167 e. The molecular formula is C7H13N3S. The number of nitrogens with two attached hydrogens (primary N) is 1. The van der Waals surface area contributed by atoms with Crippen LogP contribution in [-0.4, -0.2) is 22.4 Å². The van der Waals surface area contributed by atoms with E-state index in [-0.39, 0.29) is 0 Å². The van der Waals surface area contributed by atoms with Crippen molar-refractivity contribution in [3.63, 3.8) is 0 Å². The van der Waals surface area contributed by atoms with Crippen molar-refractivity contribution in [2.45, 2.75) is 11.6 Å². The van der Waals surface area contributed by atoms with Gasteiger partial charge in [0, 0.05) is 25.4 Å². The zero-order valence-electron chi connectivity index (χ0n) is 6.87. The van der Waals surface area contributed by atoms with Crippen LogP contribution in [0.1, 0.15) is 5.69 Å². The Hall–Kier alpha value is -0.480. The predicted molar refractivity (Wildman–Crippen MR) is 47.7 cm³/mol. The normalized spacial score (nSPS) is 10.5. The summed E-state index contributed by atoms with van der Waals surface area (Å²) < 4.78 is 2.08. The second-order valence-electron chi connectivity index (χ2n) is 2.33. The molecule has 1 aromatic heterocycles. The quantitative estimate of drug-likeness (QED) is 0.679. The molecule has 0 aliphatic carbocycles. The lowest BCUT2D eigenvalue weighted by Crippen LogP contribution is -2.06. The van der Waals surface area contributed by atoms with E-state index in [0.29, 0.717) is 6.54 Å². The first kappa shape index (κ1) is 8.62. The molecule has 62 valence electrons. The van der Waals surface area contributed by atoms with Crippen LogP contribution in [0.25, 0.3) is 0 Å². The van der Waals surface area contributed by atoms with Gasteiger partial charge >= 0.3 is 0 Å². The van der Waals surface area contributed by atoms with Crippen molar-refractivity contribution in [1.29, 1.82) is 0 Å².